The van der Waals surface area contributed by atoms with E-state index in [-0.39, 0.29) is 12.3 Å². The second kappa shape index (κ2) is 8.44. The molecule has 130 valence electrons. The van der Waals surface area contributed by atoms with Gasteiger partial charge in [0.1, 0.15) is 5.69 Å². The third-order valence-electron chi connectivity index (χ3n) is 4.11. The van der Waals surface area contributed by atoms with Gasteiger partial charge in [-0.1, -0.05) is 47.6 Å². The monoisotopic (exact) mass is 337 g/mol. The zero-order valence-corrected chi connectivity index (χ0v) is 14.4. The summed E-state index contributed by atoms with van der Waals surface area (Å²) in [7, 11) is 2.09. The molecule has 5 nitrogen and oxygen atoms in total. The predicted octanol–water partition coefficient (Wildman–Crippen LogP) is 3.01. The van der Waals surface area contributed by atoms with Crippen LogP contribution in [-0.2, 0) is 17.8 Å². The molecule has 0 spiro atoms. The van der Waals surface area contributed by atoms with Gasteiger partial charge in [0, 0.05) is 18.5 Å². The Morgan fingerprint density at radius 1 is 1.12 bits per heavy atom. The Kier molecular flexibility index (Phi) is 5.80. The first-order valence-corrected chi connectivity index (χ1v) is 8.55. The van der Waals surface area contributed by atoms with E-state index in [1.54, 1.807) is 0 Å². The van der Waals surface area contributed by atoms with Crippen LogP contribution in [0.15, 0.2) is 59.1 Å². The van der Waals surface area contributed by atoms with Crippen LogP contribution in [0.5, 0.6) is 0 Å². The summed E-state index contributed by atoms with van der Waals surface area (Å²) in [5.41, 5.74) is 2.70. The fraction of sp³-hybridized carbons (Fsp3) is 0.300. The van der Waals surface area contributed by atoms with E-state index in [0.717, 1.165) is 24.9 Å². The lowest BCUT2D eigenvalue weighted by Crippen LogP contribution is -2.29. The van der Waals surface area contributed by atoms with Crippen molar-refractivity contribution in [2.24, 2.45) is 0 Å². The summed E-state index contributed by atoms with van der Waals surface area (Å²) < 4.78 is 5.23. The predicted molar refractivity (Wildman–Crippen MR) is 98.1 cm³/mol. The van der Waals surface area contributed by atoms with E-state index >= 15 is 0 Å². The summed E-state index contributed by atoms with van der Waals surface area (Å²) in [6.07, 6.45) is 1.16. The van der Waals surface area contributed by atoms with E-state index in [9.17, 15) is 4.79 Å². The smallest absolute Gasteiger partial charge is 0.226 e. The molecule has 5 heteroatoms. The van der Waals surface area contributed by atoms with Crippen LogP contribution in [0.3, 0.4) is 0 Å². The molecule has 25 heavy (non-hydrogen) atoms. The van der Waals surface area contributed by atoms with Gasteiger partial charge in [0.05, 0.1) is 6.42 Å². The minimum absolute atomic E-state index is 0.0234. The van der Waals surface area contributed by atoms with Crippen LogP contribution in [0.25, 0.3) is 11.0 Å². The first kappa shape index (κ1) is 17.2. The van der Waals surface area contributed by atoms with Crippen molar-refractivity contribution in [3.63, 3.8) is 0 Å². The minimum Gasteiger partial charge on any atom is -0.356 e. The van der Waals surface area contributed by atoms with Gasteiger partial charge in [0.25, 0.3) is 0 Å². The molecule has 0 unspecified atom stereocenters. The van der Waals surface area contributed by atoms with Crippen molar-refractivity contribution in [1.29, 1.82) is 0 Å². The molecule has 0 atom stereocenters. The van der Waals surface area contributed by atoms with Crippen molar-refractivity contribution < 1.29 is 9.32 Å². The molecule has 0 saturated heterocycles. The Bertz CT molecular complexity index is 814. The van der Waals surface area contributed by atoms with Gasteiger partial charge in [-0.05, 0) is 37.7 Å². The number of amides is 1. The van der Waals surface area contributed by atoms with Crippen molar-refractivity contribution in [2.45, 2.75) is 19.4 Å². The molecule has 3 aromatic rings. The van der Waals surface area contributed by atoms with Gasteiger partial charge in [0.2, 0.25) is 5.91 Å². The summed E-state index contributed by atoms with van der Waals surface area (Å²) in [6.45, 7) is 2.51. The molecule has 0 radical (unpaired) electrons. The molecular formula is C20H23N3O2. The zero-order chi connectivity index (χ0) is 17.5. The molecule has 0 saturated carbocycles. The molecule has 0 aliphatic heterocycles. The Balaban J connectivity index is 1.38. The van der Waals surface area contributed by atoms with E-state index < -0.39 is 0 Å². The molecule has 2 aromatic carbocycles. The molecule has 1 amide bonds. The lowest BCUT2D eigenvalue weighted by atomic mass is 10.1. The van der Waals surface area contributed by atoms with Crippen LogP contribution < -0.4 is 5.32 Å². The number of benzene rings is 2. The van der Waals surface area contributed by atoms with Gasteiger partial charge in [0.15, 0.2) is 5.58 Å². The summed E-state index contributed by atoms with van der Waals surface area (Å²) in [5, 5.41) is 7.86. The molecule has 1 heterocycles. The van der Waals surface area contributed by atoms with E-state index in [1.807, 2.05) is 30.3 Å². The fourth-order valence-corrected chi connectivity index (χ4v) is 2.83. The van der Waals surface area contributed by atoms with E-state index in [4.69, 9.17) is 4.52 Å². The highest BCUT2D eigenvalue weighted by atomic mass is 16.5. The summed E-state index contributed by atoms with van der Waals surface area (Å²) in [6, 6.07) is 18.0. The van der Waals surface area contributed by atoms with Gasteiger partial charge in [-0.25, -0.2) is 0 Å². The normalized spacial score (nSPS) is 11.1. The van der Waals surface area contributed by atoms with Gasteiger partial charge >= 0.3 is 0 Å². The Morgan fingerprint density at radius 3 is 2.72 bits per heavy atom. The van der Waals surface area contributed by atoms with E-state index in [2.05, 4.69) is 46.7 Å². The average Bonchev–Trinajstić information content (AvgIpc) is 3.03. The maximum atomic E-state index is 12.1. The maximum Gasteiger partial charge on any atom is 0.226 e. The Labute approximate surface area is 147 Å². The molecule has 0 bridgehead atoms. The molecule has 3 rings (SSSR count). The van der Waals surface area contributed by atoms with Gasteiger partial charge < -0.3 is 14.7 Å². The summed E-state index contributed by atoms with van der Waals surface area (Å²) in [4.78, 5) is 14.3. The van der Waals surface area contributed by atoms with Crippen LogP contribution >= 0.6 is 0 Å². The van der Waals surface area contributed by atoms with Crippen molar-refractivity contribution in [3.05, 3.63) is 65.9 Å². The largest absolute Gasteiger partial charge is 0.356 e. The van der Waals surface area contributed by atoms with Gasteiger partial charge in [-0.15, -0.1) is 0 Å². The van der Waals surface area contributed by atoms with Gasteiger partial charge in [-0.2, -0.15) is 0 Å². The maximum absolute atomic E-state index is 12.1. The van der Waals surface area contributed by atoms with Crippen LogP contribution in [-0.4, -0.2) is 36.1 Å². The Morgan fingerprint density at radius 2 is 1.88 bits per heavy atom. The first-order valence-electron chi connectivity index (χ1n) is 8.55. The number of nitrogens with zero attached hydrogens (tertiary/aromatic N) is 2. The fourth-order valence-electron chi connectivity index (χ4n) is 2.83. The van der Waals surface area contributed by atoms with E-state index in [0.29, 0.717) is 17.8 Å². The number of nitrogens with one attached hydrogen (secondary N) is 1. The topological polar surface area (TPSA) is 58.4 Å². The molecule has 0 aliphatic carbocycles. The number of hydrogen-bond acceptors (Lipinski definition) is 4. The van der Waals surface area contributed by atoms with Crippen molar-refractivity contribution >= 4 is 16.9 Å². The summed E-state index contributed by atoms with van der Waals surface area (Å²) in [5.74, 6) is -0.0234. The average molecular weight is 337 g/mol. The third kappa shape index (κ3) is 4.90. The molecule has 0 fully saturated rings. The van der Waals surface area contributed by atoms with Crippen molar-refractivity contribution in [1.82, 2.24) is 15.4 Å². The minimum atomic E-state index is -0.0234. The molecule has 1 aromatic heterocycles. The number of fused-ring (bicyclic) bond motifs is 1. The Hall–Kier alpha value is -2.66. The number of carbonyl (C=O) groups is 1. The lowest BCUT2D eigenvalue weighted by molar-refractivity contribution is -0.120. The molecule has 1 N–H and O–H groups in total. The van der Waals surface area contributed by atoms with Crippen LogP contribution in [0.1, 0.15) is 17.7 Å². The highest BCUT2D eigenvalue weighted by Gasteiger charge is 2.11. The van der Waals surface area contributed by atoms with Gasteiger partial charge in [-0.3, -0.25) is 4.79 Å². The summed E-state index contributed by atoms with van der Waals surface area (Å²) >= 11 is 0. The SMILES string of the molecule is CN(CCCNC(=O)Cc1noc2ccccc12)Cc1ccccc1. The second-order valence-corrected chi connectivity index (χ2v) is 6.23. The van der Waals surface area contributed by atoms with Crippen LogP contribution in [0, 0.1) is 0 Å². The number of para-hydroxylation sites is 1. The molecular weight excluding hydrogens is 314 g/mol. The number of aromatic nitrogens is 1. The first-order chi connectivity index (χ1) is 12.2. The quantitative estimate of drug-likeness (QED) is 0.642. The van der Waals surface area contributed by atoms with Crippen LogP contribution in [0.4, 0.5) is 0 Å². The second-order valence-electron chi connectivity index (χ2n) is 6.23. The number of carbonyl (C=O) groups excluding carboxylic acids is 1. The number of hydrogen-bond donors (Lipinski definition) is 1. The zero-order valence-electron chi connectivity index (χ0n) is 14.4. The molecule has 0 aliphatic rings. The highest BCUT2D eigenvalue weighted by Crippen LogP contribution is 2.17. The van der Waals surface area contributed by atoms with Crippen molar-refractivity contribution in [2.75, 3.05) is 20.1 Å². The standard InChI is InChI=1S/C20H23N3O2/c1-23(15-16-8-3-2-4-9-16)13-7-12-21-20(24)14-18-17-10-5-6-11-19(17)25-22-18/h2-6,8-11H,7,12-15H2,1H3,(H,21,24). The van der Waals surface area contributed by atoms with E-state index in [1.165, 1.54) is 5.56 Å². The van der Waals surface area contributed by atoms with Crippen LogP contribution in [0.2, 0.25) is 0 Å². The number of rotatable bonds is 8. The van der Waals surface area contributed by atoms with Crippen molar-refractivity contribution in [3.8, 4) is 0 Å². The lowest BCUT2D eigenvalue weighted by Gasteiger charge is -2.16. The third-order valence-corrected chi connectivity index (χ3v) is 4.11. The highest BCUT2D eigenvalue weighted by molar-refractivity contribution is 5.86.